The molecule has 2 aromatic carbocycles. The van der Waals surface area contributed by atoms with Crippen molar-refractivity contribution in [3.8, 4) is 0 Å². The van der Waals surface area contributed by atoms with E-state index in [9.17, 15) is 0 Å². The van der Waals surface area contributed by atoms with Crippen LogP contribution < -0.4 is 5.73 Å². The van der Waals surface area contributed by atoms with Crippen LogP contribution in [0, 0.1) is 13.8 Å². The van der Waals surface area contributed by atoms with Crippen molar-refractivity contribution in [3.05, 3.63) is 41.0 Å². The first kappa shape index (κ1) is 11.0. The number of nitrogen functional groups attached to an aromatic ring is 1. The molecule has 0 radical (unpaired) electrons. The molecule has 2 N–H and O–H groups in total. The zero-order valence-corrected chi connectivity index (χ0v) is 10.5. The summed E-state index contributed by atoms with van der Waals surface area (Å²) in [6, 6.07) is 8.72. The van der Waals surface area contributed by atoms with Gasteiger partial charge >= 0.3 is 0 Å². The molecule has 0 fully saturated rings. The van der Waals surface area contributed by atoms with E-state index in [0.717, 1.165) is 5.69 Å². The van der Waals surface area contributed by atoms with Gasteiger partial charge in [0, 0.05) is 5.69 Å². The molecule has 1 nitrogen and oxygen atoms in total. The van der Waals surface area contributed by atoms with Crippen molar-refractivity contribution in [2.75, 3.05) is 5.73 Å². The summed E-state index contributed by atoms with van der Waals surface area (Å²) >= 11 is 0. The zero-order valence-electron chi connectivity index (χ0n) is 10.5. The van der Waals surface area contributed by atoms with Gasteiger partial charge in [-0.15, -0.1) is 0 Å². The van der Waals surface area contributed by atoms with Crippen molar-refractivity contribution < 1.29 is 0 Å². The van der Waals surface area contributed by atoms with Crippen molar-refractivity contribution in [2.45, 2.75) is 33.6 Å². The van der Waals surface area contributed by atoms with Crippen LogP contribution in [-0.2, 0) is 0 Å². The number of nitrogens with two attached hydrogens (primary N) is 1. The number of hydrogen-bond acceptors (Lipinski definition) is 1. The lowest BCUT2D eigenvalue weighted by atomic mass is 9.91. The maximum absolute atomic E-state index is 6.06. The van der Waals surface area contributed by atoms with Crippen molar-refractivity contribution in [3.63, 3.8) is 0 Å². The first-order valence-corrected chi connectivity index (χ1v) is 5.80. The number of fused-ring (bicyclic) bond motifs is 1. The molecule has 0 amide bonds. The minimum absolute atomic E-state index is 0.507. The predicted octanol–water partition coefficient (Wildman–Crippen LogP) is 4.16. The monoisotopic (exact) mass is 213 g/mol. The van der Waals surface area contributed by atoms with E-state index >= 15 is 0 Å². The second-order valence-electron chi connectivity index (χ2n) is 4.88. The number of hydrogen-bond donors (Lipinski definition) is 1. The maximum atomic E-state index is 6.06. The third-order valence-electron chi connectivity index (χ3n) is 3.26. The highest BCUT2D eigenvalue weighted by Gasteiger charge is 2.09. The van der Waals surface area contributed by atoms with E-state index in [2.05, 4.69) is 52.0 Å². The molecular weight excluding hydrogens is 194 g/mol. The van der Waals surface area contributed by atoms with Crippen molar-refractivity contribution in [1.29, 1.82) is 0 Å². The molecule has 0 saturated heterocycles. The van der Waals surface area contributed by atoms with Crippen LogP contribution in [0.2, 0.25) is 0 Å². The molecular formula is C15H19N. The summed E-state index contributed by atoms with van der Waals surface area (Å²) in [5.74, 6) is 0.507. The Morgan fingerprint density at radius 3 is 2.31 bits per heavy atom. The lowest BCUT2D eigenvalue weighted by molar-refractivity contribution is 0.876. The molecule has 2 rings (SSSR count). The molecule has 0 heterocycles. The normalized spacial score (nSPS) is 11.3. The Hall–Kier alpha value is -1.50. The zero-order chi connectivity index (χ0) is 11.9. The van der Waals surface area contributed by atoms with Gasteiger partial charge in [0.25, 0.3) is 0 Å². The van der Waals surface area contributed by atoms with Gasteiger partial charge in [-0.2, -0.15) is 0 Å². The minimum atomic E-state index is 0.507. The molecule has 0 aliphatic rings. The van der Waals surface area contributed by atoms with Crippen LogP contribution in [0.15, 0.2) is 24.3 Å². The first-order valence-electron chi connectivity index (χ1n) is 5.80. The van der Waals surface area contributed by atoms with E-state index in [0.29, 0.717) is 5.92 Å². The predicted molar refractivity (Wildman–Crippen MR) is 71.9 cm³/mol. The average molecular weight is 213 g/mol. The summed E-state index contributed by atoms with van der Waals surface area (Å²) in [5, 5.41) is 2.64. The van der Waals surface area contributed by atoms with E-state index in [1.165, 1.54) is 27.5 Å². The number of aryl methyl sites for hydroxylation is 2. The van der Waals surface area contributed by atoms with Gasteiger partial charge in [-0.05, 0) is 47.7 Å². The topological polar surface area (TPSA) is 26.0 Å². The Kier molecular flexibility index (Phi) is 2.63. The summed E-state index contributed by atoms with van der Waals surface area (Å²) in [6.07, 6.45) is 0. The van der Waals surface area contributed by atoms with E-state index in [4.69, 9.17) is 5.73 Å². The summed E-state index contributed by atoms with van der Waals surface area (Å²) in [4.78, 5) is 0. The van der Waals surface area contributed by atoms with Gasteiger partial charge in [0.1, 0.15) is 0 Å². The maximum Gasteiger partial charge on any atom is 0.0353 e. The van der Waals surface area contributed by atoms with Crippen LogP contribution in [0.25, 0.3) is 10.8 Å². The van der Waals surface area contributed by atoms with Crippen molar-refractivity contribution in [1.82, 2.24) is 0 Å². The molecule has 0 saturated carbocycles. The fraction of sp³-hybridized carbons (Fsp3) is 0.333. The smallest absolute Gasteiger partial charge is 0.0353 e. The Morgan fingerprint density at radius 2 is 1.69 bits per heavy atom. The molecule has 16 heavy (non-hydrogen) atoms. The summed E-state index contributed by atoms with van der Waals surface area (Å²) < 4.78 is 0. The number of anilines is 1. The molecule has 0 aliphatic carbocycles. The van der Waals surface area contributed by atoms with Gasteiger partial charge < -0.3 is 5.73 Å². The van der Waals surface area contributed by atoms with E-state index in [1.54, 1.807) is 0 Å². The first-order chi connectivity index (χ1) is 7.50. The van der Waals surface area contributed by atoms with E-state index in [-0.39, 0.29) is 0 Å². The Morgan fingerprint density at radius 1 is 1.00 bits per heavy atom. The third kappa shape index (κ3) is 1.67. The van der Waals surface area contributed by atoms with Crippen LogP contribution in [0.4, 0.5) is 5.69 Å². The molecule has 0 unspecified atom stereocenters. The molecule has 1 heteroatoms. The van der Waals surface area contributed by atoms with Crippen LogP contribution in [0.5, 0.6) is 0 Å². The average Bonchev–Trinajstić information content (AvgIpc) is 2.22. The molecule has 0 atom stereocenters. The second kappa shape index (κ2) is 3.82. The van der Waals surface area contributed by atoms with E-state index < -0.39 is 0 Å². The quantitative estimate of drug-likeness (QED) is 0.707. The van der Waals surface area contributed by atoms with Crippen LogP contribution in [0.1, 0.15) is 36.5 Å². The Balaban J connectivity index is 2.90. The second-order valence-corrected chi connectivity index (χ2v) is 4.88. The highest BCUT2D eigenvalue weighted by molar-refractivity contribution is 5.93. The lowest BCUT2D eigenvalue weighted by Crippen LogP contribution is -1.97. The lowest BCUT2D eigenvalue weighted by Gasteiger charge is -2.15. The number of rotatable bonds is 1. The largest absolute Gasteiger partial charge is 0.398 e. The molecule has 0 bridgehead atoms. The standard InChI is InChI=1S/C15H19N/c1-9(2)13-8-15(16)11(4)12-6-5-10(3)7-14(12)13/h5-9H,16H2,1-4H3. The van der Waals surface area contributed by atoms with Crippen molar-refractivity contribution >= 4 is 16.5 Å². The van der Waals surface area contributed by atoms with Gasteiger partial charge in [0.15, 0.2) is 0 Å². The van der Waals surface area contributed by atoms with Gasteiger partial charge in [-0.3, -0.25) is 0 Å². The molecule has 84 valence electrons. The number of benzene rings is 2. The molecule has 0 aromatic heterocycles. The van der Waals surface area contributed by atoms with Crippen LogP contribution in [0.3, 0.4) is 0 Å². The summed E-state index contributed by atoms with van der Waals surface area (Å²) in [5.41, 5.74) is 10.8. The highest BCUT2D eigenvalue weighted by atomic mass is 14.6. The van der Waals surface area contributed by atoms with Gasteiger partial charge in [0.05, 0.1) is 0 Å². The molecule has 0 aliphatic heterocycles. The minimum Gasteiger partial charge on any atom is -0.398 e. The Bertz CT molecular complexity index is 539. The van der Waals surface area contributed by atoms with Crippen molar-refractivity contribution in [2.24, 2.45) is 0 Å². The van der Waals surface area contributed by atoms with Gasteiger partial charge in [-0.1, -0.05) is 37.6 Å². The van der Waals surface area contributed by atoms with Crippen LogP contribution in [-0.4, -0.2) is 0 Å². The van der Waals surface area contributed by atoms with Crippen LogP contribution >= 0.6 is 0 Å². The third-order valence-corrected chi connectivity index (χ3v) is 3.26. The fourth-order valence-electron chi connectivity index (χ4n) is 2.21. The molecule has 2 aromatic rings. The Labute approximate surface area is 97.3 Å². The highest BCUT2D eigenvalue weighted by Crippen LogP contribution is 2.32. The molecule has 0 spiro atoms. The SMILES string of the molecule is Cc1ccc2c(C)c(N)cc(C(C)C)c2c1. The van der Waals surface area contributed by atoms with E-state index in [1.807, 2.05) is 0 Å². The van der Waals surface area contributed by atoms with Gasteiger partial charge in [0.2, 0.25) is 0 Å². The summed E-state index contributed by atoms with van der Waals surface area (Å²) in [7, 11) is 0. The van der Waals surface area contributed by atoms with Gasteiger partial charge in [-0.25, -0.2) is 0 Å². The fourth-order valence-corrected chi connectivity index (χ4v) is 2.21. The summed E-state index contributed by atoms with van der Waals surface area (Å²) in [6.45, 7) is 8.66.